The number of hydrogen-bond acceptors (Lipinski definition) is 7. The molecule has 0 bridgehead atoms. The van der Waals surface area contributed by atoms with Crippen molar-refractivity contribution in [2.24, 2.45) is 0 Å². The van der Waals surface area contributed by atoms with Gasteiger partial charge in [0.05, 0.1) is 0 Å². The molecule has 0 aliphatic heterocycles. The fourth-order valence-electron chi connectivity index (χ4n) is 2.59. The Morgan fingerprint density at radius 3 is 2.11 bits per heavy atom. The largest absolute Gasteiger partial charge is 0.368 e. The predicted octanol–water partition coefficient (Wildman–Crippen LogP) is 3.44. The quantitative estimate of drug-likeness (QED) is 0.502. The monoisotopic (exact) mass is 358 g/mol. The number of rotatable bonds is 5. The normalized spacial score (nSPS) is 10.6. The van der Waals surface area contributed by atoms with Gasteiger partial charge in [0, 0.05) is 17.4 Å². The lowest BCUT2D eigenvalue weighted by atomic mass is 10.3. The maximum absolute atomic E-state index is 6.05. The first kappa shape index (κ1) is 16.5. The molecule has 0 saturated heterocycles. The van der Waals surface area contributed by atoms with Gasteiger partial charge >= 0.3 is 0 Å². The Morgan fingerprint density at radius 1 is 0.815 bits per heavy atom. The average Bonchev–Trinajstić information content (AvgIpc) is 3.03. The summed E-state index contributed by atoms with van der Waals surface area (Å²) in [5.74, 6) is 2.41. The third-order valence-electron chi connectivity index (χ3n) is 3.75. The Kier molecular flexibility index (Phi) is 4.36. The molecule has 0 unspecified atom stereocenters. The van der Waals surface area contributed by atoms with Crippen LogP contribution in [0.3, 0.4) is 0 Å². The Hall–Kier alpha value is -3.94. The standard InChI is InChI=1S/C19H18N8/c1-13-21-16(23-14-8-4-2-5-9-14)12-17(22-13)27-18(20)25-19(26-27)24-15-10-6-3-7-11-15/h2-12H,1H3,(H,21,22,23)(H3,20,24,25,26). The van der Waals surface area contributed by atoms with Crippen molar-refractivity contribution >= 4 is 29.1 Å². The number of anilines is 5. The van der Waals surface area contributed by atoms with Gasteiger partial charge in [-0.2, -0.15) is 9.67 Å². The predicted molar refractivity (Wildman–Crippen MR) is 106 cm³/mol. The molecule has 2 aromatic heterocycles. The van der Waals surface area contributed by atoms with E-state index in [4.69, 9.17) is 5.73 Å². The summed E-state index contributed by atoms with van der Waals surface area (Å²) in [5.41, 5.74) is 7.85. The van der Waals surface area contributed by atoms with Gasteiger partial charge in [-0.1, -0.05) is 36.4 Å². The van der Waals surface area contributed by atoms with Crippen LogP contribution in [0.5, 0.6) is 0 Å². The van der Waals surface area contributed by atoms with Crippen molar-refractivity contribution in [1.82, 2.24) is 24.7 Å². The van der Waals surface area contributed by atoms with E-state index in [0.29, 0.717) is 23.4 Å². The molecule has 4 rings (SSSR count). The first-order chi connectivity index (χ1) is 13.2. The van der Waals surface area contributed by atoms with Gasteiger partial charge in [0.15, 0.2) is 5.82 Å². The molecule has 4 aromatic rings. The SMILES string of the molecule is Cc1nc(Nc2ccccc2)cc(-n2nc(Nc3ccccc3)nc2N)n1. The maximum Gasteiger partial charge on any atom is 0.248 e. The molecule has 2 heterocycles. The van der Waals surface area contributed by atoms with Gasteiger partial charge < -0.3 is 16.4 Å². The van der Waals surface area contributed by atoms with Crippen LogP contribution in [0.15, 0.2) is 66.7 Å². The van der Waals surface area contributed by atoms with Gasteiger partial charge in [-0.3, -0.25) is 0 Å². The van der Waals surface area contributed by atoms with E-state index in [1.54, 1.807) is 6.07 Å². The highest BCUT2D eigenvalue weighted by atomic mass is 15.4. The van der Waals surface area contributed by atoms with E-state index < -0.39 is 0 Å². The minimum absolute atomic E-state index is 0.234. The van der Waals surface area contributed by atoms with Crippen molar-refractivity contribution in [3.05, 3.63) is 72.6 Å². The molecule has 0 saturated carbocycles. The summed E-state index contributed by atoms with van der Waals surface area (Å²) in [6, 6.07) is 21.2. The molecule has 0 aliphatic carbocycles. The minimum Gasteiger partial charge on any atom is -0.368 e. The summed E-state index contributed by atoms with van der Waals surface area (Å²) in [6.07, 6.45) is 0. The third-order valence-corrected chi connectivity index (χ3v) is 3.75. The van der Waals surface area contributed by atoms with Crippen molar-refractivity contribution in [3.8, 4) is 5.82 Å². The van der Waals surface area contributed by atoms with Crippen LogP contribution in [0.25, 0.3) is 5.82 Å². The zero-order valence-electron chi connectivity index (χ0n) is 14.7. The zero-order valence-corrected chi connectivity index (χ0v) is 14.7. The van der Waals surface area contributed by atoms with Crippen molar-refractivity contribution < 1.29 is 0 Å². The number of nitrogens with zero attached hydrogens (tertiary/aromatic N) is 5. The molecule has 134 valence electrons. The average molecular weight is 358 g/mol. The smallest absolute Gasteiger partial charge is 0.248 e. The summed E-state index contributed by atoms with van der Waals surface area (Å²) in [7, 11) is 0. The van der Waals surface area contributed by atoms with E-state index in [1.165, 1.54) is 4.68 Å². The highest BCUT2D eigenvalue weighted by Crippen LogP contribution is 2.20. The number of nitrogens with two attached hydrogens (primary N) is 1. The molecule has 0 fully saturated rings. The van der Waals surface area contributed by atoms with Crippen LogP contribution in [0.1, 0.15) is 5.82 Å². The van der Waals surface area contributed by atoms with Gasteiger partial charge in [-0.25, -0.2) is 9.97 Å². The highest BCUT2D eigenvalue weighted by Gasteiger charge is 2.12. The number of nitrogens with one attached hydrogen (secondary N) is 2. The van der Waals surface area contributed by atoms with Crippen molar-refractivity contribution in [2.75, 3.05) is 16.4 Å². The number of aromatic nitrogens is 5. The topological polar surface area (TPSA) is 107 Å². The number of aryl methyl sites for hydroxylation is 1. The van der Waals surface area contributed by atoms with Crippen LogP contribution < -0.4 is 16.4 Å². The molecule has 4 N–H and O–H groups in total. The fraction of sp³-hybridized carbons (Fsp3) is 0.0526. The van der Waals surface area contributed by atoms with Crippen LogP contribution in [-0.4, -0.2) is 24.7 Å². The fourth-order valence-corrected chi connectivity index (χ4v) is 2.59. The molecule has 27 heavy (non-hydrogen) atoms. The third kappa shape index (κ3) is 3.84. The van der Waals surface area contributed by atoms with Crippen LogP contribution in [-0.2, 0) is 0 Å². The van der Waals surface area contributed by atoms with Crippen LogP contribution >= 0.6 is 0 Å². The maximum atomic E-state index is 6.05. The summed E-state index contributed by atoms with van der Waals surface area (Å²) in [5, 5.41) is 10.8. The van der Waals surface area contributed by atoms with Crippen LogP contribution in [0.2, 0.25) is 0 Å². The van der Waals surface area contributed by atoms with Crippen molar-refractivity contribution in [2.45, 2.75) is 6.92 Å². The molecule has 2 aromatic carbocycles. The lowest BCUT2D eigenvalue weighted by Gasteiger charge is -2.08. The molecule has 8 heteroatoms. The van der Waals surface area contributed by atoms with E-state index in [9.17, 15) is 0 Å². The zero-order chi connectivity index (χ0) is 18.6. The summed E-state index contributed by atoms with van der Waals surface area (Å²) >= 11 is 0. The molecule has 0 atom stereocenters. The summed E-state index contributed by atoms with van der Waals surface area (Å²) < 4.78 is 1.48. The Morgan fingerprint density at radius 2 is 1.44 bits per heavy atom. The Bertz CT molecular complexity index is 1040. The molecule has 0 spiro atoms. The first-order valence-corrected chi connectivity index (χ1v) is 8.40. The second-order valence-electron chi connectivity index (χ2n) is 5.85. The van der Waals surface area contributed by atoms with E-state index in [-0.39, 0.29) is 5.95 Å². The number of hydrogen-bond donors (Lipinski definition) is 3. The second kappa shape index (κ2) is 7.12. The van der Waals surface area contributed by atoms with Gasteiger partial charge in [-0.15, -0.1) is 5.10 Å². The van der Waals surface area contributed by atoms with Crippen molar-refractivity contribution in [1.29, 1.82) is 0 Å². The van der Waals surface area contributed by atoms with E-state index in [2.05, 4.69) is 30.7 Å². The first-order valence-electron chi connectivity index (χ1n) is 8.40. The van der Waals surface area contributed by atoms with Crippen LogP contribution in [0.4, 0.5) is 29.1 Å². The van der Waals surface area contributed by atoms with E-state index in [0.717, 1.165) is 11.4 Å². The lowest BCUT2D eigenvalue weighted by Crippen LogP contribution is -2.08. The molecular formula is C19H18N8. The summed E-state index contributed by atoms with van der Waals surface area (Å²) in [4.78, 5) is 13.1. The number of benzene rings is 2. The number of nitrogen functional groups attached to an aromatic ring is 1. The Balaban J connectivity index is 1.63. The molecule has 0 aliphatic rings. The Labute approximate surface area is 156 Å². The van der Waals surface area contributed by atoms with Crippen LogP contribution in [0, 0.1) is 6.92 Å². The van der Waals surface area contributed by atoms with Gasteiger partial charge in [0.1, 0.15) is 11.6 Å². The number of para-hydroxylation sites is 2. The summed E-state index contributed by atoms with van der Waals surface area (Å²) in [6.45, 7) is 1.82. The second-order valence-corrected chi connectivity index (χ2v) is 5.85. The lowest BCUT2D eigenvalue weighted by molar-refractivity contribution is 0.841. The van der Waals surface area contributed by atoms with Gasteiger partial charge in [-0.05, 0) is 31.2 Å². The van der Waals surface area contributed by atoms with Gasteiger partial charge in [0.2, 0.25) is 11.9 Å². The highest BCUT2D eigenvalue weighted by molar-refractivity contribution is 5.58. The van der Waals surface area contributed by atoms with Crippen molar-refractivity contribution in [3.63, 3.8) is 0 Å². The molecule has 8 nitrogen and oxygen atoms in total. The molecular weight excluding hydrogens is 340 g/mol. The van der Waals surface area contributed by atoms with Gasteiger partial charge in [0.25, 0.3) is 0 Å². The molecule has 0 radical (unpaired) electrons. The minimum atomic E-state index is 0.234. The molecule has 0 amide bonds. The van der Waals surface area contributed by atoms with E-state index >= 15 is 0 Å². The van der Waals surface area contributed by atoms with E-state index in [1.807, 2.05) is 67.6 Å².